The SMILES string of the molecule is CN1CCCN(CCC(C#N)NC2CC2)CC1. The van der Waals surface area contributed by atoms with Gasteiger partial charge in [0, 0.05) is 25.7 Å². The van der Waals surface area contributed by atoms with Crippen LogP contribution in [0.15, 0.2) is 0 Å². The summed E-state index contributed by atoms with van der Waals surface area (Å²) in [5.41, 5.74) is 0. The number of likely N-dealkylation sites (N-methyl/N-ethyl adjacent to an activating group) is 1. The van der Waals surface area contributed by atoms with Crippen LogP contribution in [-0.4, -0.2) is 61.7 Å². The molecule has 96 valence electrons. The van der Waals surface area contributed by atoms with Gasteiger partial charge in [-0.05, 0) is 45.8 Å². The fourth-order valence-corrected chi connectivity index (χ4v) is 2.35. The van der Waals surface area contributed by atoms with E-state index in [2.05, 4.69) is 28.2 Å². The van der Waals surface area contributed by atoms with E-state index in [0.29, 0.717) is 6.04 Å². The first kappa shape index (κ1) is 12.8. The highest BCUT2D eigenvalue weighted by molar-refractivity contribution is 4.96. The molecule has 0 bridgehead atoms. The van der Waals surface area contributed by atoms with Crippen molar-refractivity contribution >= 4 is 0 Å². The van der Waals surface area contributed by atoms with Crippen molar-refractivity contribution in [3.63, 3.8) is 0 Å². The van der Waals surface area contributed by atoms with Crippen molar-refractivity contribution in [1.29, 1.82) is 5.26 Å². The van der Waals surface area contributed by atoms with Gasteiger partial charge in [0.2, 0.25) is 0 Å². The summed E-state index contributed by atoms with van der Waals surface area (Å²) in [6.07, 6.45) is 4.74. The normalized spacial score (nSPS) is 25.2. The zero-order chi connectivity index (χ0) is 12.1. The third-order valence-corrected chi connectivity index (χ3v) is 3.72. The molecule has 1 aliphatic carbocycles. The van der Waals surface area contributed by atoms with E-state index in [1.165, 1.54) is 32.4 Å². The van der Waals surface area contributed by atoms with Crippen LogP contribution in [0.2, 0.25) is 0 Å². The second-order valence-electron chi connectivity index (χ2n) is 5.41. The van der Waals surface area contributed by atoms with Gasteiger partial charge in [0.1, 0.15) is 0 Å². The van der Waals surface area contributed by atoms with E-state index in [0.717, 1.165) is 26.1 Å². The highest BCUT2D eigenvalue weighted by atomic mass is 15.2. The van der Waals surface area contributed by atoms with E-state index in [4.69, 9.17) is 5.26 Å². The minimum Gasteiger partial charge on any atom is -0.305 e. The summed E-state index contributed by atoms with van der Waals surface area (Å²) in [5, 5.41) is 12.5. The smallest absolute Gasteiger partial charge is 0.0967 e. The molecular weight excluding hydrogens is 212 g/mol. The standard InChI is InChI=1S/C13H24N4/c1-16-6-2-7-17(10-9-16)8-5-13(11-14)15-12-3-4-12/h12-13,15H,2-10H2,1H3. The van der Waals surface area contributed by atoms with Crippen molar-refractivity contribution in [1.82, 2.24) is 15.1 Å². The molecule has 0 spiro atoms. The quantitative estimate of drug-likeness (QED) is 0.761. The van der Waals surface area contributed by atoms with Crippen LogP contribution >= 0.6 is 0 Å². The van der Waals surface area contributed by atoms with Gasteiger partial charge in [0.25, 0.3) is 0 Å². The van der Waals surface area contributed by atoms with Gasteiger partial charge in [0.15, 0.2) is 0 Å². The minimum atomic E-state index is 0.0588. The van der Waals surface area contributed by atoms with Gasteiger partial charge in [-0.2, -0.15) is 5.26 Å². The maximum absolute atomic E-state index is 9.09. The lowest BCUT2D eigenvalue weighted by Crippen LogP contribution is -2.36. The Balaban J connectivity index is 1.66. The molecule has 1 heterocycles. The molecule has 0 aromatic carbocycles. The number of nitrogens with zero attached hydrogens (tertiary/aromatic N) is 3. The Morgan fingerprint density at radius 2 is 2.12 bits per heavy atom. The number of hydrogen-bond donors (Lipinski definition) is 1. The first-order valence-corrected chi connectivity index (χ1v) is 6.84. The zero-order valence-corrected chi connectivity index (χ0v) is 10.9. The maximum Gasteiger partial charge on any atom is 0.0967 e. The Morgan fingerprint density at radius 3 is 2.82 bits per heavy atom. The number of rotatable bonds is 5. The largest absolute Gasteiger partial charge is 0.305 e. The van der Waals surface area contributed by atoms with E-state index in [1.54, 1.807) is 0 Å². The summed E-state index contributed by atoms with van der Waals surface area (Å²) in [5.74, 6) is 0. The molecule has 0 radical (unpaired) electrons. The van der Waals surface area contributed by atoms with Crippen LogP contribution in [0.4, 0.5) is 0 Å². The second-order valence-corrected chi connectivity index (χ2v) is 5.41. The van der Waals surface area contributed by atoms with Gasteiger partial charge in [-0.25, -0.2) is 0 Å². The average Bonchev–Trinajstić information content (AvgIpc) is 3.13. The molecule has 4 nitrogen and oxygen atoms in total. The maximum atomic E-state index is 9.09. The summed E-state index contributed by atoms with van der Waals surface area (Å²) in [6, 6.07) is 3.08. The first-order chi connectivity index (χ1) is 8.28. The van der Waals surface area contributed by atoms with Crippen LogP contribution < -0.4 is 5.32 Å². The molecule has 17 heavy (non-hydrogen) atoms. The lowest BCUT2D eigenvalue weighted by molar-refractivity contribution is 0.266. The third kappa shape index (κ3) is 4.63. The second kappa shape index (κ2) is 6.34. The predicted octanol–water partition coefficient (Wildman–Crippen LogP) is 0.658. The van der Waals surface area contributed by atoms with Crippen molar-refractivity contribution in [2.75, 3.05) is 39.8 Å². The summed E-state index contributed by atoms with van der Waals surface area (Å²) < 4.78 is 0. The van der Waals surface area contributed by atoms with E-state index >= 15 is 0 Å². The molecule has 2 aliphatic rings. The molecule has 1 atom stereocenters. The van der Waals surface area contributed by atoms with Gasteiger partial charge in [-0.3, -0.25) is 5.32 Å². The molecule has 2 rings (SSSR count). The molecule has 4 heteroatoms. The molecule has 0 aromatic rings. The molecular formula is C13H24N4. The van der Waals surface area contributed by atoms with E-state index in [9.17, 15) is 0 Å². The topological polar surface area (TPSA) is 42.3 Å². The molecule has 1 saturated carbocycles. The molecule has 1 saturated heterocycles. The first-order valence-electron chi connectivity index (χ1n) is 6.84. The third-order valence-electron chi connectivity index (χ3n) is 3.72. The van der Waals surface area contributed by atoms with Gasteiger partial charge < -0.3 is 9.80 Å². The number of nitrogens with one attached hydrogen (secondary N) is 1. The van der Waals surface area contributed by atoms with Gasteiger partial charge in [-0.15, -0.1) is 0 Å². The van der Waals surface area contributed by atoms with Crippen LogP contribution in [0, 0.1) is 11.3 Å². The lowest BCUT2D eigenvalue weighted by atomic mass is 10.2. The molecule has 1 unspecified atom stereocenters. The van der Waals surface area contributed by atoms with E-state index in [-0.39, 0.29) is 6.04 Å². The van der Waals surface area contributed by atoms with Crippen molar-refractivity contribution < 1.29 is 0 Å². The number of nitriles is 1. The van der Waals surface area contributed by atoms with Crippen LogP contribution in [0.25, 0.3) is 0 Å². The van der Waals surface area contributed by atoms with E-state index < -0.39 is 0 Å². The Hall–Kier alpha value is -0.630. The minimum absolute atomic E-state index is 0.0588. The molecule has 1 aliphatic heterocycles. The van der Waals surface area contributed by atoms with Crippen molar-refractivity contribution in [2.45, 2.75) is 37.8 Å². The molecule has 0 aromatic heterocycles. The molecule has 1 N–H and O–H groups in total. The average molecular weight is 236 g/mol. The van der Waals surface area contributed by atoms with E-state index in [1.807, 2.05) is 0 Å². The zero-order valence-electron chi connectivity index (χ0n) is 10.9. The Labute approximate surface area is 105 Å². The van der Waals surface area contributed by atoms with Crippen molar-refractivity contribution in [3.8, 4) is 6.07 Å². The summed E-state index contributed by atoms with van der Waals surface area (Å²) in [7, 11) is 2.19. The lowest BCUT2D eigenvalue weighted by Gasteiger charge is -2.21. The van der Waals surface area contributed by atoms with Crippen LogP contribution in [0.3, 0.4) is 0 Å². The van der Waals surface area contributed by atoms with Crippen LogP contribution in [0.1, 0.15) is 25.7 Å². The molecule has 0 amide bonds. The Morgan fingerprint density at radius 1 is 1.29 bits per heavy atom. The highest BCUT2D eigenvalue weighted by Crippen LogP contribution is 2.19. The predicted molar refractivity (Wildman–Crippen MR) is 68.7 cm³/mol. The van der Waals surface area contributed by atoms with Gasteiger partial charge in [0.05, 0.1) is 12.1 Å². The monoisotopic (exact) mass is 236 g/mol. The Bertz CT molecular complexity index is 269. The highest BCUT2D eigenvalue weighted by Gasteiger charge is 2.24. The number of hydrogen-bond acceptors (Lipinski definition) is 4. The van der Waals surface area contributed by atoms with Gasteiger partial charge >= 0.3 is 0 Å². The fraction of sp³-hybridized carbons (Fsp3) is 0.923. The Kier molecular flexibility index (Phi) is 4.78. The van der Waals surface area contributed by atoms with Crippen LogP contribution in [-0.2, 0) is 0 Å². The summed E-state index contributed by atoms with van der Waals surface area (Å²) in [4.78, 5) is 4.90. The summed E-state index contributed by atoms with van der Waals surface area (Å²) in [6.45, 7) is 5.77. The fourth-order valence-electron chi connectivity index (χ4n) is 2.35. The van der Waals surface area contributed by atoms with Crippen LogP contribution in [0.5, 0.6) is 0 Å². The van der Waals surface area contributed by atoms with Gasteiger partial charge in [-0.1, -0.05) is 0 Å². The van der Waals surface area contributed by atoms with Crippen molar-refractivity contribution in [3.05, 3.63) is 0 Å². The molecule has 2 fully saturated rings. The van der Waals surface area contributed by atoms with Crippen molar-refractivity contribution in [2.24, 2.45) is 0 Å². The summed E-state index contributed by atoms with van der Waals surface area (Å²) >= 11 is 0.